The molecule has 0 unspecified atom stereocenters. The molecule has 0 aliphatic heterocycles. The number of benzene rings is 8. The molecule has 0 saturated carbocycles. The molecule has 0 amide bonds. The van der Waals surface area contributed by atoms with E-state index in [1.807, 2.05) is 35.9 Å². The summed E-state index contributed by atoms with van der Waals surface area (Å²) in [5.74, 6) is 0. The minimum Gasteiger partial charge on any atom is -0.310 e. The Morgan fingerprint density at radius 3 is 1.00 bits per heavy atom. The number of hydrogen-bond donors (Lipinski definition) is 0. The molecule has 8 aromatic carbocycles. The highest BCUT2D eigenvalue weighted by Crippen LogP contribution is 2.43. The van der Waals surface area contributed by atoms with Crippen LogP contribution in [-0.2, 0) is 0 Å². The van der Waals surface area contributed by atoms with Crippen molar-refractivity contribution in [2.45, 2.75) is 0 Å². The van der Waals surface area contributed by atoms with Gasteiger partial charge in [-0.15, -0.1) is 11.3 Å². The van der Waals surface area contributed by atoms with Crippen molar-refractivity contribution in [2.24, 2.45) is 0 Å². The second-order valence-electron chi connectivity index (χ2n) is 15.4. The fourth-order valence-electron chi connectivity index (χ4n) is 8.48. The monoisotopic (exact) mass is 824 g/mol. The lowest BCUT2D eigenvalue weighted by Crippen LogP contribution is -2.10. The van der Waals surface area contributed by atoms with E-state index in [-0.39, 0.29) is 0 Å². The zero-order valence-corrected chi connectivity index (χ0v) is 35.1. The number of hydrogen-bond acceptors (Lipinski definition) is 5. The Balaban J connectivity index is 0.899. The smallest absolute Gasteiger partial charge is 0.0723 e. The molecular formula is C58H40N4S. The maximum Gasteiger partial charge on any atom is 0.0723 e. The van der Waals surface area contributed by atoms with E-state index in [1.165, 1.54) is 43.1 Å². The number of pyridine rings is 2. The molecule has 298 valence electrons. The van der Waals surface area contributed by atoms with Gasteiger partial charge in [-0.1, -0.05) is 121 Å². The summed E-state index contributed by atoms with van der Waals surface area (Å²) in [5.41, 5.74) is 15.6. The molecule has 0 aliphatic carbocycles. The lowest BCUT2D eigenvalue weighted by molar-refractivity contribution is 1.29. The van der Waals surface area contributed by atoms with Gasteiger partial charge in [0.15, 0.2) is 0 Å². The summed E-state index contributed by atoms with van der Waals surface area (Å²) in [7, 11) is 0. The van der Waals surface area contributed by atoms with E-state index in [1.54, 1.807) is 0 Å². The van der Waals surface area contributed by atoms with Gasteiger partial charge in [-0.25, -0.2) is 0 Å². The van der Waals surface area contributed by atoms with E-state index in [4.69, 9.17) is 0 Å². The number of anilines is 6. The van der Waals surface area contributed by atoms with Crippen molar-refractivity contribution in [3.8, 4) is 43.1 Å². The quantitative estimate of drug-likeness (QED) is 0.138. The predicted molar refractivity (Wildman–Crippen MR) is 266 cm³/mol. The summed E-state index contributed by atoms with van der Waals surface area (Å²) in [6.45, 7) is 0. The zero-order chi connectivity index (χ0) is 42.0. The van der Waals surface area contributed by atoms with Crippen molar-refractivity contribution in [2.75, 3.05) is 9.80 Å². The molecule has 0 spiro atoms. The molecule has 0 fully saturated rings. The average Bonchev–Trinajstić information content (AvgIpc) is 3.86. The molecule has 11 rings (SSSR count). The first kappa shape index (κ1) is 37.8. The Bertz CT molecular complexity index is 3070. The number of nitrogens with zero attached hydrogens (tertiary/aromatic N) is 4. The molecule has 0 bridgehead atoms. The van der Waals surface area contributed by atoms with Gasteiger partial charge in [0.25, 0.3) is 0 Å². The summed E-state index contributed by atoms with van der Waals surface area (Å²) < 4.78 is 0. The molecule has 4 nitrogen and oxygen atoms in total. The Morgan fingerprint density at radius 1 is 0.270 bits per heavy atom. The molecular weight excluding hydrogens is 785 g/mol. The van der Waals surface area contributed by atoms with Crippen LogP contribution in [0.15, 0.2) is 243 Å². The van der Waals surface area contributed by atoms with E-state index < -0.39 is 0 Å². The lowest BCUT2D eigenvalue weighted by Gasteiger charge is -2.27. The highest BCUT2D eigenvalue weighted by Gasteiger charge is 2.19. The van der Waals surface area contributed by atoms with Gasteiger partial charge in [-0.2, -0.15) is 0 Å². The highest BCUT2D eigenvalue weighted by atomic mass is 32.1. The molecule has 0 radical (unpaired) electrons. The van der Waals surface area contributed by atoms with Crippen molar-refractivity contribution in [1.29, 1.82) is 0 Å². The molecule has 3 aromatic heterocycles. The summed E-state index contributed by atoms with van der Waals surface area (Å²) in [4.78, 5) is 16.5. The van der Waals surface area contributed by atoms with Crippen LogP contribution in [0.3, 0.4) is 0 Å². The third-order valence-electron chi connectivity index (χ3n) is 11.6. The molecule has 63 heavy (non-hydrogen) atoms. The van der Waals surface area contributed by atoms with Gasteiger partial charge in [0.1, 0.15) is 0 Å². The van der Waals surface area contributed by atoms with Crippen molar-refractivity contribution in [3.63, 3.8) is 0 Å². The molecule has 5 heteroatoms. The fraction of sp³-hybridized carbons (Fsp3) is 0. The average molecular weight is 825 g/mol. The third kappa shape index (κ3) is 7.52. The van der Waals surface area contributed by atoms with E-state index in [9.17, 15) is 0 Å². The first-order chi connectivity index (χ1) is 31.2. The number of thiophene rings is 1. The third-order valence-corrected chi connectivity index (χ3v) is 12.8. The van der Waals surface area contributed by atoms with E-state index in [0.717, 1.165) is 55.9 Å². The van der Waals surface area contributed by atoms with Gasteiger partial charge >= 0.3 is 0 Å². The van der Waals surface area contributed by atoms with Gasteiger partial charge in [-0.05, 0) is 143 Å². The SMILES string of the molecule is c1ccc(-c2ccc(N(c3ccc(-c4ccc(-c5ccc(N(c6ccc(-c7ccccc7)cc6)c6cccc7ncccc67)cc5)s4)cc3)c3cccc4ncccc34)cc2)cc1. The minimum atomic E-state index is 0.965. The molecule has 3 heterocycles. The Morgan fingerprint density at radius 2 is 0.619 bits per heavy atom. The van der Waals surface area contributed by atoms with Gasteiger partial charge in [0.2, 0.25) is 0 Å². The van der Waals surface area contributed by atoms with Gasteiger partial charge < -0.3 is 9.80 Å². The van der Waals surface area contributed by atoms with Crippen LogP contribution in [0.4, 0.5) is 34.1 Å². The van der Waals surface area contributed by atoms with Crippen molar-refractivity contribution in [1.82, 2.24) is 9.97 Å². The van der Waals surface area contributed by atoms with Crippen LogP contribution < -0.4 is 9.80 Å². The second-order valence-corrected chi connectivity index (χ2v) is 16.5. The molecule has 0 atom stereocenters. The van der Waals surface area contributed by atoms with E-state index in [0.29, 0.717) is 0 Å². The van der Waals surface area contributed by atoms with Crippen molar-refractivity contribution in [3.05, 3.63) is 243 Å². The summed E-state index contributed by atoms with van der Waals surface area (Å²) in [6.07, 6.45) is 3.71. The largest absolute Gasteiger partial charge is 0.310 e. The van der Waals surface area contributed by atoms with Crippen LogP contribution in [0, 0.1) is 0 Å². The lowest BCUT2D eigenvalue weighted by atomic mass is 10.0. The van der Waals surface area contributed by atoms with Gasteiger partial charge in [-0.3, -0.25) is 9.97 Å². The fourth-order valence-corrected chi connectivity index (χ4v) is 9.50. The second kappa shape index (κ2) is 16.7. The number of fused-ring (bicyclic) bond motifs is 2. The van der Waals surface area contributed by atoms with Crippen molar-refractivity contribution >= 4 is 67.3 Å². The van der Waals surface area contributed by atoms with Gasteiger partial charge in [0, 0.05) is 55.7 Å². The summed E-state index contributed by atoms with van der Waals surface area (Å²) in [5, 5.41) is 2.20. The van der Waals surface area contributed by atoms with Crippen LogP contribution in [-0.4, -0.2) is 9.97 Å². The molecule has 0 saturated heterocycles. The normalized spacial score (nSPS) is 11.2. The number of rotatable bonds is 10. The van der Waals surface area contributed by atoms with Crippen LogP contribution >= 0.6 is 11.3 Å². The standard InChI is InChI=1S/C58H40N4S/c1-3-11-41(12-4-1)43-21-29-47(30-22-43)61(55-19-7-17-53-51(55)15-9-39-59-53)49-33-25-45(26-34-49)57-37-38-58(63-57)46-27-35-50(36-28-46)62(56-20-8-18-54-52(56)16-10-40-60-54)48-31-23-44(24-32-48)42-13-5-2-6-14-42/h1-40H. The Hall–Kier alpha value is -8.12. The first-order valence-electron chi connectivity index (χ1n) is 21.1. The van der Waals surface area contributed by atoms with Crippen LogP contribution in [0.5, 0.6) is 0 Å². The van der Waals surface area contributed by atoms with Crippen LogP contribution in [0.25, 0.3) is 64.9 Å². The minimum absolute atomic E-state index is 0.965. The molecule has 0 N–H and O–H groups in total. The zero-order valence-electron chi connectivity index (χ0n) is 34.3. The van der Waals surface area contributed by atoms with E-state index in [2.05, 4.69) is 238 Å². The maximum absolute atomic E-state index is 4.68. The summed E-state index contributed by atoms with van der Waals surface area (Å²) >= 11 is 1.81. The Kier molecular flexibility index (Phi) is 10.1. The van der Waals surface area contributed by atoms with Gasteiger partial charge in [0.05, 0.1) is 22.4 Å². The van der Waals surface area contributed by atoms with Crippen molar-refractivity contribution < 1.29 is 0 Å². The van der Waals surface area contributed by atoms with E-state index >= 15 is 0 Å². The maximum atomic E-state index is 4.68. The summed E-state index contributed by atoms with van der Waals surface area (Å²) in [6, 6.07) is 82.1. The number of aromatic nitrogens is 2. The van der Waals surface area contributed by atoms with Crippen LogP contribution in [0.2, 0.25) is 0 Å². The Labute approximate surface area is 371 Å². The highest BCUT2D eigenvalue weighted by molar-refractivity contribution is 7.18. The predicted octanol–water partition coefficient (Wildman–Crippen LogP) is 16.5. The molecule has 0 aliphatic rings. The topological polar surface area (TPSA) is 32.3 Å². The first-order valence-corrected chi connectivity index (χ1v) is 21.9. The van der Waals surface area contributed by atoms with Crippen LogP contribution in [0.1, 0.15) is 0 Å². The molecule has 11 aromatic rings.